The Morgan fingerprint density at radius 1 is 1.56 bits per heavy atom. The number of aliphatic carboxylic acids is 1. The molecule has 0 bridgehead atoms. The molecule has 1 heterocycles. The number of hydrogen-bond acceptors (Lipinski definition) is 4. The number of carboxylic acids is 1. The molecule has 1 aliphatic rings. The van der Waals surface area contributed by atoms with Crippen molar-refractivity contribution in [1.82, 2.24) is 5.32 Å². The minimum atomic E-state index is -0.941. The third-order valence-corrected chi connectivity index (χ3v) is 2.87. The van der Waals surface area contributed by atoms with E-state index in [-0.39, 0.29) is 31.6 Å². The van der Waals surface area contributed by atoms with E-state index in [1.807, 2.05) is 6.92 Å². The number of carboxylic acid groups (broad SMARTS) is 1. The Morgan fingerprint density at radius 3 is 2.75 bits per heavy atom. The number of ether oxygens (including phenoxy) is 1. The molecule has 0 aromatic heterocycles. The molecule has 1 saturated heterocycles. The molecule has 3 atom stereocenters. The summed E-state index contributed by atoms with van der Waals surface area (Å²) in [7, 11) is 0. The SMILES string of the molecule is CCC(CN)C(=O)NC1COCC1C(=O)O. The van der Waals surface area contributed by atoms with E-state index in [1.165, 1.54) is 0 Å². The van der Waals surface area contributed by atoms with Gasteiger partial charge in [0.15, 0.2) is 0 Å². The zero-order chi connectivity index (χ0) is 12.1. The van der Waals surface area contributed by atoms with Gasteiger partial charge in [-0.3, -0.25) is 9.59 Å². The molecule has 1 fully saturated rings. The minimum Gasteiger partial charge on any atom is -0.481 e. The van der Waals surface area contributed by atoms with Gasteiger partial charge >= 0.3 is 5.97 Å². The van der Waals surface area contributed by atoms with Gasteiger partial charge in [0.2, 0.25) is 5.91 Å². The van der Waals surface area contributed by atoms with E-state index in [2.05, 4.69) is 5.32 Å². The number of carbonyl (C=O) groups is 2. The number of amides is 1. The van der Waals surface area contributed by atoms with Gasteiger partial charge in [0.05, 0.1) is 19.3 Å². The Balaban J connectivity index is 2.53. The van der Waals surface area contributed by atoms with E-state index in [0.717, 1.165) is 0 Å². The summed E-state index contributed by atoms with van der Waals surface area (Å²) >= 11 is 0. The Bertz CT molecular complexity index is 266. The van der Waals surface area contributed by atoms with Crippen LogP contribution in [0.4, 0.5) is 0 Å². The summed E-state index contributed by atoms with van der Waals surface area (Å²) in [5, 5.41) is 11.6. The summed E-state index contributed by atoms with van der Waals surface area (Å²) in [4.78, 5) is 22.5. The molecule has 1 aliphatic heterocycles. The quantitative estimate of drug-likeness (QED) is 0.573. The molecule has 1 amide bonds. The Hall–Kier alpha value is -1.14. The second kappa shape index (κ2) is 5.81. The van der Waals surface area contributed by atoms with Gasteiger partial charge in [0.1, 0.15) is 5.92 Å². The van der Waals surface area contributed by atoms with Crippen LogP contribution in [0.1, 0.15) is 13.3 Å². The van der Waals surface area contributed by atoms with Crippen LogP contribution in [0, 0.1) is 11.8 Å². The van der Waals surface area contributed by atoms with Gasteiger partial charge in [-0.15, -0.1) is 0 Å². The topological polar surface area (TPSA) is 102 Å². The molecule has 0 aliphatic carbocycles. The van der Waals surface area contributed by atoms with Crippen LogP contribution in [0.5, 0.6) is 0 Å². The maximum atomic E-state index is 11.7. The molecule has 0 aromatic carbocycles. The van der Waals surface area contributed by atoms with E-state index >= 15 is 0 Å². The molecule has 0 radical (unpaired) electrons. The number of hydrogen-bond donors (Lipinski definition) is 3. The number of nitrogens with two attached hydrogens (primary N) is 1. The smallest absolute Gasteiger partial charge is 0.311 e. The van der Waals surface area contributed by atoms with E-state index in [9.17, 15) is 9.59 Å². The van der Waals surface area contributed by atoms with Crippen molar-refractivity contribution in [3.63, 3.8) is 0 Å². The van der Waals surface area contributed by atoms with Crippen LogP contribution in [0.25, 0.3) is 0 Å². The molecular formula is C10H18N2O4. The monoisotopic (exact) mass is 230 g/mol. The average molecular weight is 230 g/mol. The zero-order valence-electron chi connectivity index (χ0n) is 9.31. The molecule has 4 N–H and O–H groups in total. The number of nitrogens with one attached hydrogen (secondary N) is 1. The summed E-state index contributed by atoms with van der Waals surface area (Å²) in [6.07, 6.45) is 0.646. The van der Waals surface area contributed by atoms with Crippen LogP contribution in [0.2, 0.25) is 0 Å². The maximum Gasteiger partial charge on any atom is 0.311 e. The third-order valence-electron chi connectivity index (χ3n) is 2.87. The van der Waals surface area contributed by atoms with E-state index in [1.54, 1.807) is 0 Å². The molecule has 6 nitrogen and oxygen atoms in total. The fourth-order valence-corrected chi connectivity index (χ4v) is 1.70. The van der Waals surface area contributed by atoms with Gasteiger partial charge in [-0.05, 0) is 6.42 Å². The van der Waals surface area contributed by atoms with Crippen LogP contribution in [-0.4, -0.2) is 42.8 Å². The van der Waals surface area contributed by atoms with Crippen LogP contribution in [0.3, 0.4) is 0 Å². The number of carbonyl (C=O) groups excluding carboxylic acids is 1. The average Bonchev–Trinajstić information content (AvgIpc) is 2.67. The van der Waals surface area contributed by atoms with Crippen molar-refractivity contribution >= 4 is 11.9 Å². The van der Waals surface area contributed by atoms with E-state index < -0.39 is 17.9 Å². The minimum absolute atomic E-state index is 0.152. The van der Waals surface area contributed by atoms with Gasteiger partial charge in [0.25, 0.3) is 0 Å². The molecular weight excluding hydrogens is 212 g/mol. The van der Waals surface area contributed by atoms with Crippen LogP contribution >= 0.6 is 0 Å². The Labute approximate surface area is 94.1 Å². The van der Waals surface area contributed by atoms with Gasteiger partial charge in [-0.25, -0.2) is 0 Å². The van der Waals surface area contributed by atoms with E-state index in [0.29, 0.717) is 6.42 Å². The lowest BCUT2D eigenvalue weighted by molar-refractivity contribution is -0.142. The standard InChI is InChI=1S/C10H18N2O4/c1-2-6(3-11)9(13)12-8-5-16-4-7(8)10(14)15/h6-8H,2-5,11H2,1H3,(H,12,13)(H,14,15). The third kappa shape index (κ3) is 2.93. The summed E-state index contributed by atoms with van der Waals surface area (Å²) in [6, 6.07) is -0.439. The zero-order valence-corrected chi connectivity index (χ0v) is 9.31. The maximum absolute atomic E-state index is 11.7. The summed E-state index contributed by atoms with van der Waals surface area (Å²) < 4.78 is 5.05. The first-order valence-electron chi connectivity index (χ1n) is 5.41. The lowest BCUT2D eigenvalue weighted by Gasteiger charge is -2.19. The first kappa shape index (κ1) is 12.9. The van der Waals surface area contributed by atoms with Crippen molar-refractivity contribution in [2.45, 2.75) is 19.4 Å². The van der Waals surface area contributed by atoms with Gasteiger partial charge < -0.3 is 20.9 Å². The molecule has 16 heavy (non-hydrogen) atoms. The van der Waals surface area contributed by atoms with Gasteiger partial charge in [0, 0.05) is 12.5 Å². The highest BCUT2D eigenvalue weighted by Crippen LogP contribution is 2.14. The van der Waals surface area contributed by atoms with Crippen molar-refractivity contribution in [3.8, 4) is 0 Å². The van der Waals surface area contributed by atoms with Crippen LogP contribution in [0.15, 0.2) is 0 Å². The first-order chi connectivity index (χ1) is 7.60. The molecule has 3 unspecified atom stereocenters. The van der Waals surface area contributed by atoms with Gasteiger partial charge in [-0.2, -0.15) is 0 Å². The summed E-state index contributed by atoms with van der Waals surface area (Å²) in [5.74, 6) is -2.04. The summed E-state index contributed by atoms with van der Waals surface area (Å²) in [5.41, 5.74) is 5.44. The van der Waals surface area contributed by atoms with Gasteiger partial charge in [-0.1, -0.05) is 6.92 Å². The predicted molar refractivity (Wildman–Crippen MR) is 56.7 cm³/mol. The second-order valence-corrected chi connectivity index (χ2v) is 3.94. The van der Waals surface area contributed by atoms with Crippen molar-refractivity contribution in [2.24, 2.45) is 17.6 Å². The van der Waals surface area contributed by atoms with Crippen molar-refractivity contribution in [3.05, 3.63) is 0 Å². The number of rotatable bonds is 5. The molecule has 0 aromatic rings. The van der Waals surface area contributed by atoms with Crippen LogP contribution in [-0.2, 0) is 14.3 Å². The van der Waals surface area contributed by atoms with Crippen molar-refractivity contribution in [1.29, 1.82) is 0 Å². The normalized spacial score (nSPS) is 26.4. The lowest BCUT2D eigenvalue weighted by atomic mass is 10.0. The van der Waals surface area contributed by atoms with Crippen LogP contribution < -0.4 is 11.1 Å². The fraction of sp³-hybridized carbons (Fsp3) is 0.800. The molecule has 92 valence electrons. The van der Waals surface area contributed by atoms with E-state index in [4.69, 9.17) is 15.6 Å². The van der Waals surface area contributed by atoms with Crippen molar-refractivity contribution < 1.29 is 19.4 Å². The van der Waals surface area contributed by atoms with Crippen molar-refractivity contribution in [2.75, 3.05) is 19.8 Å². The highest BCUT2D eigenvalue weighted by atomic mass is 16.5. The Morgan fingerprint density at radius 2 is 2.25 bits per heavy atom. The predicted octanol–water partition coefficient (Wildman–Crippen LogP) is -0.813. The highest BCUT2D eigenvalue weighted by molar-refractivity contribution is 5.80. The summed E-state index contributed by atoms with van der Waals surface area (Å²) in [6.45, 7) is 2.55. The lowest BCUT2D eigenvalue weighted by Crippen LogP contribution is -2.46. The first-order valence-corrected chi connectivity index (χ1v) is 5.41. The highest BCUT2D eigenvalue weighted by Gasteiger charge is 2.35. The fourth-order valence-electron chi connectivity index (χ4n) is 1.70. The Kier molecular flexibility index (Phi) is 4.70. The molecule has 1 rings (SSSR count). The molecule has 6 heteroatoms. The second-order valence-electron chi connectivity index (χ2n) is 3.94. The molecule has 0 saturated carbocycles. The molecule has 0 spiro atoms. The largest absolute Gasteiger partial charge is 0.481 e.